The summed E-state index contributed by atoms with van der Waals surface area (Å²) in [5.41, 5.74) is 7.32. The lowest BCUT2D eigenvalue weighted by atomic mass is 10.1. The van der Waals surface area contributed by atoms with Gasteiger partial charge in [-0.05, 0) is 36.6 Å². The van der Waals surface area contributed by atoms with Gasteiger partial charge in [-0.1, -0.05) is 6.07 Å². The quantitative estimate of drug-likeness (QED) is 0.873. The number of aryl methyl sites for hydroxylation is 1. The molecule has 0 bridgehead atoms. The van der Waals surface area contributed by atoms with E-state index in [1.54, 1.807) is 19.9 Å². The summed E-state index contributed by atoms with van der Waals surface area (Å²) in [6.45, 7) is 2.81. The van der Waals surface area contributed by atoms with Crippen LogP contribution in [-0.4, -0.2) is 21.1 Å². The minimum Gasteiger partial charge on any atom is -0.326 e. The molecule has 0 aliphatic heterocycles. The van der Waals surface area contributed by atoms with Gasteiger partial charge in [-0.2, -0.15) is 13.2 Å². The molecule has 0 spiro atoms. The topological polar surface area (TPSA) is 72.2 Å². The molecule has 0 unspecified atom stereocenters. The summed E-state index contributed by atoms with van der Waals surface area (Å²) in [5.74, 6) is 0. The van der Waals surface area contributed by atoms with Gasteiger partial charge in [0.15, 0.2) is 0 Å². The van der Waals surface area contributed by atoms with Crippen molar-refractivity contribution >= 4 is 10.0 Å². The van der Waals surface area contributed by atoms with Crippen molar-refractivity contribution in [2.24, 2.45) is 5.73 Å². The van der Waals surface area contributed by atoms with Crippen LogP contribution < -0.4 is 10.5 Å². The Bertz CT molecular complexity index is 583. The lowest BCUT2D eigenvalue weighted by molar-refractivity contribution is -0.132. The lowest BCUT2D eigenvalue weighted by Crippen LogP contribution is -2.29. The molecule has 0 aromatic heterocycles. The van der Waals surface area contributed by atoms with Crippen molar-refractivity contribution in [1.29, 1.82) is 0 Å². The van der Waals surface area contributed by atoms with Crippen molar-refractivity contribution < 1.29 is 21.6 Å². The minimum absolute atomic E-state index is 0.0277. The van der Waals surface area contributed by atoms with Crippen molar-refractivity contribution in [3.63, 3.8) is 0 Å². The zero-order chi connectivity index (χ0) is 15.6. The van der Waals surface area contributed by atoms with Crippen LogP contribution in [0.2, 0.25) is 0 Å². The number of alkyl halides is 3. The number of nitrogens with two attached hydrogens (primary N) is 1. The summed E-state index contributed by atoms with van der Waals surface area (Å²) in [6.07, 6.45) is -5.60. The highest BCUT2D eigenvalue weighted by atomic mass is 32.2. The standard InChI is InChI=1S/C12H17F3N2O2S/c1-8-5-10(7-16)6-11(9(8)2)20(18,19)17-4-3-12(13,14)15/h5-6,17H,3-4,7,16H2,1-2H3. The summed E-state index contributed by atoms with van der Waals surface area (Å²) in [5, 5.41) is 0. The van der Waals surface area contributed by atoms with Gasteiger partial charge in [0.05, 0.1) is 11.3 Å². The molecule has 0 saturated heterocycles. The van der Waals surface area contributed by atoms with E-state index in [1.807, 2.05) is 4.72 Å². The van der Waals surface area contributed by atoms with Crippen LogP contribution in [-0.2, 0) is 16.6 Å². The minimum atomic E-state index is -4.40. The molecule has 0 heterocycles. The van der Waals surface area contributed by atoms with Crippen molar-refractivity contribution in [1.82, 2.24) is 4.72 Å². The number of hydrogen-bond donors (Lipinski definition) is 2. The highest BCUT2D eigenvalue weighted by Gasteiger charge is 2.28. The van der Waals surface area contributed by atoms with Gasteiger partial charge < -0.3 is 5.73 Å². The number of rotatable bonds is 5. The van der Waals surface area contributed by atoms with Gasteiger partial charge in [0.1, 0.15) is 0 Å². The Hall–Kier alpha value is -1.12. The van der Waals surface area contributed by atoms with E-state index < -0.39 is 29.2 Å². The number of hydrogen-bond acceptors (Lipinski definition) is 3. The maximum atomic E-state index is 12.0. The van der Waals surface area contributed by atoms with E-state index in [9.17, 15) is 21.6 Å². The molecule has 114 valence electrons. The normalized spacial score (nSPS) is 12.7. The monoisotopic (exact) mass is 310 g/mol. The molecule has 3 N–H and O–H groups in total. The van der Waals surface area contributed by atoms with Crippen molar-refractivity contribution in [3.8, 4) is 0 Å². The predicted molar refractivity (Wildman–Crippen MR) is 69.7 cm³/mol. The van der Waals surface area contributed by atoms with E-state index in [2.05, 4.69) is 0 Å². The van der Waals surface area contributed by atoms with Crippen molar-refractivity contribution in [2.75, 3.05) is 6.54 Å². The van der Waals surface area contributed by atoms with E-state index in [0.717, 1.165) is 5.56 Å². The molecular formula is C12H17F3N2O2S. The second-order valence-electron chi connectivity index (χ2n) is 4.50. The van der Waals surface area contributed by atoms with Gasteiger partial charge in [-0.15, -0.1) is 0 Å². The van der Waals surface area contributed by atoms with Gasteiger partial charge >= 0.3 is 6.18 Å². The molecule has 0 fully saturated rings. The number of halogens is 3. The first-order valence-corrected chi connectivity index (χ1v) is 7.42. The number of sulfonamides is 1. The van der Waals surface area contributed by atoms with Gasteiger partial charge in [0.2, 0.25) is 10.0 Å². The predicted octanol–water partition coefficient (Wildman–Crippen LogP) is 1.99. The van der Waals surface area contributed by atoms with Crippen LogP contribution in [0.4, 0.5) is 13.2 Å². The van der Waals surface area contributed by atoms with Crippen molar-refractivity contribution in [2.45, 2.75) is 37.9 Å². The van der Waals surface area contributed by atoms with E-state index in [1.165, 1.54) is 6.07 Å². The zero-order valence-electron chi connectivity index (χ0n) is 11.2. The lowest BCUT2D eigenvalue weighted by Gasteiger charge is -2.13. The van der Waals surface area contributed by atoms with Crippen LogP contribution in [0.3, 0.4) is 0 Å². The summed E-state index contributed by atoms with van der Waals surface area (Å²) in [6, 6.07) is 3.14. The Kier molecular flexibility index (Phi) is 5.17. The molecule has 0 amide bonds. The Morgan fingerprint density at radius 1 is 1.25 bits per heavy atom. The average Bonchev–Trinajstić information content (AvgIpc) is 2.30. The van der Waals surface area contributed by atoms with Crippen LogP contribution in [0.5, 0.6) is 0 Å². The third-order valence-corrected chi connectivity index (χ3v) is 4.49. The Morgan fingerprint density at radius 3 is 2.35 bits per heavy atom. The number of benzene rings is 1. The second-order valence-corrected chi connectivity index (χ2v) is 6.24. The van der Waals surface area contributed by atoms with E-state index >= 15 is 0 Å². The van der Waals surface area contributed by atoms with Gasteiger partial charge in [0.25, 0.3) is 0 Å². The van der Waals surface area contributed by atoms with E-state index in [0.29, 0.717) is 11.1 Å². The largest absolute Gasteiger partial charge is 0.390 e. The van der Waals surface area contributed by atoms with Gasteiger partial charge in [0, 0.05) is 13.1 Å². The third-order valence-electron chi connectivity index (χ3n) is 2.91. The van der Waals surface area contributed by atoms with Crippen molar-refractivity contribution in [3.05, 3.63) is 28.8 Å². The van der Waals surface area contributed by atoms with Crippen LogP contribution in [0.1, 0.15) is 23.1 Å². The zero-order valence-corrected chi connectivity index (χ0v) is 12.0. The fourth-order valence-corrected chi connectivity index (χ4v) is 3.10. The molecule has 0 radical (unpaired) electrons. The molecule has 0 aliphatic rings. The molecule has 1 aromatic carbocycles. The molecule has 20 heavy (non-hydrogen) atoms. The van der Waals surface area contributed by atoms with E-state index in [4.69, 9.17) is 5.73 Å². The molecule has 0 atom stereocenters. The first kappa shape index (κ1) is 16.9. The maximum Gasteiger partial charge on any atom is 0.390 e. The fraction of sp³-hybridized carbons (Fsp3) is 0.500. The van der Waals surface area contributed by atoms with Gasteiger partial charge in [-0.25, -0.2) is 13.1 Å². The second kappa shape index (κ2) is 6.11. The summed E-state index contributed by atoms with van der Waals surface area (Å²) in [7, 11) is -3.97. The average molecular weight is 310 g/mol. The fourth-order valence-electron chi connectivity index (χ4n) is 1.70. The maximum absolute atomic E-state index is 12.0. The van der Waals surface area contributed by atoms with Crippen LogP contribution in [0.15, 0.2) is 17.0 Å². The molecule has 1 rings (SSSR count). The van der Waals surface area contributed by atoms with Crippen LogP contribution >= 0.6 is 0 Å². The molecular weight excluding hydrogens is 293 g/mol. The van der Waals surface area contributed by atoms with Crippen LogP contribution in [0, 0.1) is 13.8 Å². The first-order chi connectivity index (χ1) is 9.07. The highest BCUT2D eigenvalue weighted by Crippen LogP contribution is 2.22. The molecule has 8 heteroatoms. The molecule has 4 nitrogen and oxygen atoms in total. The van der Waals surface area contributed by atoms with Gasteiger partial charge in [-0.3, -0.25) is 0 Å². The Labute approximate surface area is 116 Å². The highest BCUT2D eigenvalue weighted by molar-refractivity contribution is 7.89. The first-order valence-electron chi connectivity index (χ1n) is 5.93. The van der Waals surface area contributed by atoms with Crippen LogP contribution in [0.25, 0.3) is 0 Å². The van der Waals surface area contributed by atoms with E-state index in [-0.39, 0.29) is 11.4 Å². The number of nitrogens with one attached hydrogen (secondary N) is 1. The summed E-state index contributed by atoms with van der Waals surface area (Å²) in [4.78, 5) is -0.0277. The molecule has 1 aromatic rings. The smallest absolute Gasteiger partial charge is 0.326 e. The summed E-state index contributed by atoms with van der Waals surface area (Å²) >= 11 is 0. The summed E-state index contributed by atoms with van der Waals surface area (Å²) < 4.78 is 62.2. The molecule has 0 aliphatic carbocycles. The Balaban J connectivity index is 3.01. The third kappa shape index (κ3) is 4.46. The Morgan fingerprint density at radius 2 is 1.85 bits per heavy atom. The molecule has 0 saturated carbocycles. The SMILES string of the molecule is Cc1cc(CN)cc(S(=O)(=O)NCCC(F)(F)F)c1C.